The van der Waals surface area contributed by atoms with Crippen LogP contribution in [0.15, 0.2) is 18.2 Å². The van der Waals surface area contributed by atoms with Crippen molar-refractivity contribution in [2.24, 2.45) is 5.73 Å². The zero-order valence-electron chi connectivity index (χ0n) is 12.0. The normalized spacial score (nSPS) is 12.0. The molecule has 0 unspecified atom stereocenters. The van der Waals surface area contributed by atoms with Crippen LogP contribution < -0.4 is 10.6 Å². The van der Waals surface area contributed by atoms with E-state index in [0.717, 1.165) is 6.42 Å². The largest absolute Gasteiger partial charge is 0.377 e. The molecule has 2 N–H and O–H groups in total. The number of rotatable bonds is 4. The third-order valence-electron chi connectivity index (χ3n) is 2.90. The molecule has 0 heterocycles. The Balaban J connectivity index is 3.16. The van der Waals surface area contributed by atoms with Gasteiger partial charge in [-0.05, 0) is 43.4 Å². The van der Waals surface area contributed by atoms with Crippen molar-refractivity contribution >= 4 is 5.69 Å². The van der Waals surface area contributed by atoms with Crippen molar-refractivity contribution in [2.45, 2.75) is 45.6 Å². The highest BCUT2D eigenvalue weighted by atomic mass is 15.1. The van der Waals surface area contributed by atoms with Gasteiger partial charge in [-0.3, -0.25) is 0 Å². The van der Waals surface area contributed by atoms with Crippen molar-refractivity contribution in [1.29, 1.82) is 0 Å². The SMILES string of the molecule is CC(C)c1ccc(N(C)C)c(CC(C)(C)N)c1. The first-order valence-electron chi connectivity index (χ1n) is 6.30. The van der Waals surface area contributed by atoms with Crippen molar-refractivity contribution in [1.82, 2.24) is 0 Å². The van der Waals surface area contributed by atoms with Crippen LogP contribution in [-0.4, -0.2) is 19.6 Å². The molecule has 0 aliphatic rings. The van der Waals surface area contributed by atoms with Crippen molar-refractivity contribution in [3.8, 4) is 0 Å². The summed E-state index contributed by atoms with van der Waals surface area (Å²) in [6.07, 6.45) is 0.904. The minimum Gasteiger partial charge on any atom is -0.377 e. The Kier molecular flexibility index (Phi) is 4.21. The zero-order valence-corrected chi connectivity index (χ0v) is 12.0. The van der Waals surface area contributed by atoms with Gasteiger partial charge in [0.1, 0.15) is 0 Å². The van der Waals surface area contributed by atoms with E-state index >= 15 is 0 Å². The average molecular weight is 234 g/mol. The second-order valence-electron chi connectivity index (χ2n) is 6.10. The average Bonchev–Trinajstić information content (AvgIpc) is 2.14. The van der Waals surface area contributed by atoms with Gasteiger partial charge in [-0.2, -0.15) is 0 Å². The molecule has 1 aromatic carbocycles. The van der Waals surface area contributed by atoms with Gasteiger partial charge in [0, 0.05) is 25.3 Å². The third-order valence-corrected chi connectivity index (χ3v) is 2.90. The second-order valence-corrected chi connectivity index (χ2v) is 6.10. The third kappa shape index (κ3) is 4.04. The number of anilines is 1. The van der Waals surface area contributed by atoms with Gasteiger partial charge in [0.25, 0.3) is 0 Å². The summed E-state index contributed by atoms with van der Waals surface area (Å²) in [4.78, 5) is 2.16. The highest BCUT2D eigenvalue weighted by Crippen LogP contribution is 2.26. The van der Waals surface area contributed by atoms with Gasteiger partial charge in [0.05, 0.1) is 0 Å². The summed E-state index contributed by atoms with van der Waals surface area (Å²) in [5.41, 5.74) is 9.97. The highest BCUT2D eigenvalue weighted by Gasteiger charge is 2.16. The van der Waals surface area contributed by atoms with Crippen LogP contribution >= 0.6 is 0 Å². The Morgan fingerprint density at radius 3 is 2.24 bits per heavy atom. The Hall–Kier alpha value is -1.02. The first kappa shape index (κ1) is 14.0. The predicted molar refractivity (Wildman–Crippen MR) is 76.8 cm³/mol. The molecule has 0 spiro atoms. The van der Waals surface area contributed by atoms with E-state index in [0.29, 0.717) is 5.92 Å². The molecular formula is C15H26N2. The van der Waals surface area contributed by atoms with E-state index in [1.54, 1.807) is 0 Å². The molecule has 2 nitrogen and oxygen atoms in total. The van der Waals surface area contributed by atoms with Crippen molar-refractivity contribution in [3.05, 3.63) is 29.3 Å². The fourth-order valence-corrected chi connectivity index (χ4v) is 2.03. The van der Waals surface area contributed by atoms with Crippen molar-refractivity contribution in [3.63, 3.8) is 0 Å². The highest BCUT2D eigenvalue weighted by molar-refractivity contribution is 5.55. The molecule has 0 radical (unpaired) electrons. The lowest BCUT2D eigenvalue weighted by molar-refractivity contribution is 0.516. The fraction of sp³-hybridized carbons (Fsp3) is 0.600. The molecule has 0 aliphatic carbocycles. The first-order valence-corrected chi connectivity index (χ1v) is 6.30. The van der Waals surface area contributed by atoms with Crippen molar-refractivity contribution in [2.75, 3.05) is 19.0 Å². The zero-order chi connectivity index (χ0) is 13.2. The minimum absolute atomic E-state index is 0.166. The Morgan fingerprint density at radius 2 is 1.82 bits per heavy atom. The van der Waals surface area contributed by atoms with Gasteiger partial charge in [-0.15, -0.1) is 0 Å². The molecule has 0 fully saturated rings. The van der Waals surface area contributed by atoms with Crippen LogP contribution in [-0.2, 0) is 6.42 Å². The maximum absolute atomic E-state index is 6.14. The summed E-state index contributed by atoms with van der Waals surface area (Å²) >= 11 is 0. The fourth-order valence-electron chi connectivity index (χ4n) is 2.03. The first-order chi connectivity index (χ1) is 7.70. The summed E-state index contributed by atoms with van der Waals surface area (Å²) in [6.45, 7) is 8.60. The molecule has 2 heteroatoms. The predicted octanol–water partition coefficient (Wildman–Crippen LogP) is 3.16. The van der Waals surface area contributed by atoms with E-state index in [2.05, 4.69) is 64.9 Å². The molecule has 0 aromatic heterocycles. The molecule has 0 amide bonds. The van der Waals surface area contributed by atoms with E-state index in [1.165, 1.54) is 16.8 Å². The van der Waals surface area contributed by atoms with Crippen LogP contribution in [0.25, 0.3) is 0 Å². The minimum atomic E-state index is -0.166. The van der Waals surface area contributed by atoms with Gasteiger partial charge < -0.3 is 10.6 Å². The van der Waals surface area contributed by atoms with Gasteiger partial charge in [-0.25, -0.2) is 0 Å². The quantitative estimate of drug-likeness (QED) is 0.867. The number of hydrogen-bond acceptors (Lipinski definition) is 2. The van der Waals surface area contributed by atoms with Gasteiger partial charge >= 0.3 is 0 Å². The molecule has 0 aliphatic heterocycles. The van der Waals surface area contributed by atoms with E-state index in [1.807, 2.05) is 0 Å². The van der Waals surface area contributed by atoms with Crippen LogP contribution in [0.3, 0.4) is 0 Å². The molecule has 1 aromatic rings. The molecule has 0 saturated heterocycles. The maximum Gasteiger partial charge on any atom is 0.0394 e. The number of nitrogens with two attached hydrogens (primary N) is 1. The molecular weight excluding hydrogens is 208 g/mol. The van der Waals surface area contributed by atoms with Crippen LogP contribution in [0.4, 0.5) is 5.69 Å². The number of hydrogen-bond donors (Lipinski definition) is 1. The summed E-state index contributed by atoms with van der Waals surface area (Å²) in [7, 11) is 4.16. The molecule has 0 atom stereocenters. The van der Waals surface area contributed by atoms with Crippen molar-refractivity contribution < 1.29 is 0 Å². The van der Waals surface area contributed by atoms with Crippen LogP contribution in [0, 0.1) is 0 Å². The topological polar surface area (TPSA) is 29.3 Å². The summed E-state index contributed by atoms with van der Waals surface area (Å²) in [6, 6.07) is 6.72. The Bertz CT molecular complexity index is 373. The monoisotopic (exact) mass is 234 g/mol. The van der Waals surface area contributed by atoms with Crippen LogP contribution in [0.2, 0.25) is 0 Å². The van der Waals surface area contributed by atoms with Gasteiger partial charge in [0.2, 0.25) is 0 Å². The molecule has 0 saturated carbocycles. The van der Waals surface area contributed by atoms with E-state index in [9.17, 15) is 0 Å². The van der Waals surface area contributed by atoms with Gasteiger partial charge in [-0.1, -0.05) is 26.0 Å². The second kappa shape index (κ2) is 5.09. The Morgan fingerprint density at radius 1 is 1.24 bits per heavy atom. The van der Waals surface area contributed by atoms with E-state index in [4.69, 9.17) is 5.73 Å². The lowest BCUT2D eigenvalue weighted by Crippen LogP contribution is -2.35. The van der Waals surface area contributed by atoms with Crippen LogP contribution in [0.5, 0.6) is 0 Å². The lowest BCUT2D eigenvalue weighted by Gasteiger charge is -2.25. The number of benzene rings is 1. The van der Waals surface area contributed by atoms with Crippen LogP contribution in [0.1, 0.15) is 44.7 Å². The van der Waals surface area contributed by atoms with Gasteiger partial charge in [0.15, 0.2) is 0 Å². The number of nitrogens with zero attached hydrogens (tertiary/aromatic N) is 1. The van der Waals surface area contributed by atoms with E-state index in [-0.39, 0.29) is 5.54 Å². The summed E-state index contributed by atoms with van der Waals surface area (Å²) in [5.74, 6) is 0.561. The summed E-state index contributed by atoms with van der Waals surface area (Å²) in [5, 5.41) is 0. The lowest BCUT2D eigenvalue weighted by atomic mass is 9.91. The molecule has 0 bridgehead atoms. The Labute approximate surface area is 106 Å². The maximum atomic E-state index is 6.14. The molecule has 96 valence electrons. The van der Waals surface area contributed by atoms with E-state index < -0.39 is 0 Å². The smallest absolute Gasteiger partial charge is 0.0394 e. The summed E-state index contributed by atoms with van der Waals surface area (Å²) < 4.78 is 0. The molecule has 17 heavy (non-hydrogen) atoms. The molecule has 1 rings (SSSR count). The standard InChI is InChI=1S/C15H26N2/c1-11(2)12-7-8-14(17(5)6)13(9-12)10-15(3,4)16/h7-9,11H,10,16H2,1-6H3.